The van der Waals surface area contributed by atoms with Crippen molar-refractivity contribution in [3.63, 3.8) is 0 Å². The van der Waals surface area contributed by atoms with E-state index in [0.29, 0.717) is 5.56 Å². The van der Waals surface area contributed by atoms with Crippen molar-refractivity contribution in [3.8, 4) is 0 Å². The van der Waals surface area contributed by atoms with E-state index in [-0.39, 0.29) is 16.1 Å². The summed E-state index contributed by atoms with van der Waals surface area (Å²) < 4.78 is 82.4. The van der Waals surface area contributed by atoms with Gasteiger partial charge in [-0.15, -0.1) is 0 Å². The second kappa shape index (κ2) is 8.08. The Morgan fingerprint density at radius 2 is 1.87 bits per heavy atom. The molecular formula is C18H19F3N4O3S2. The summed E-state index contributed by atoms with van der Waals surface area (Å²) in [5.74, 6) is 0. The number of aryl methyl sites for hydroxylation is 1. The van der Waals surface area contributed by atoms with Gasteiger partial charge in [-0.25, -0.2) is 27.3 Å². The van der Waals surface area contributed by atoms with E-state index < -0.39 is 49.0 Å². The molecule has 30 heavy (non-hydrogen) atoms. The number of nitrogens with one attached hydrogen (secondary N) is 2. The first-order valence-corrected chi connectivity index (χ1v) is 11.5. The van der Waals surface area contributed by atoms with Gasteiger partial charge < -0.3 is 4.98 Å². The number of hydrogen-bond donors (Lipinski definition) is 2. The zero-order valence-corrected chi connectivity index (χ0v) is 17.8. The third-order valence-corrected chi connectivity index (χ3v) is 7.20. The molecule has 2 aromatic heterocycles. The highest BCUT2D eigenvalue weighted by Gasteiger charge is 2.46. The molecule has 0 saturated carbocycles. The van der Waals surface area contributed by atoms with Crippen molar-refractivity contribution in [1.82, 2.24) is 19.7 Å². The van der Waals surface area contributed by atoms with Crippen LogP contribution >= 0.6 is 0 Å². The number of halogens is 3. The molecule has 7 nitrogen and oxygen atoms in total. The molecule has 2 unspecified atom stereocenters. The van der Waals surface area contributed by atoms with Crippen molar-refractivity contribution in [2.24, 2.45) is 0 Å². The predicted molar refractivity (Wildman–Crippen MR) is 106 cm³/mol. The van der Waals surface area contributed by atoms with Crippen molar-refractivity contribution < 1.29 is 25.8 Å². The number of H-pyrrole nitrogens is 1. The lowest BCUT2D eigenvalue weighted by Gasteiger charge is -2.23. The van der Waals surface area contributed by atoms with E-state index in [2.05, 4.69) is 15.0 Å². The molecule has 12 heteroatoms. The van der Waals surface area contributed by atoms with Gasteiger partial charge in [0.05, 0.1) is 15.9 Å². The number of benzene rings is 1. The number of rotatable bonds is 6. The molecule has 162 valence electrons. The third-order valence-electron chi connectivity index (χ3n) is 4.19. The molecule has 2 heterocycles. The molecule has 0 spiro atoms. The second-order valence-electron chi connectivity index (χ2n) is 6.88. The van der Waals surface area contributed by atoms with Gasteiger partial charge in [0.15, 0.2) is 16.7 Å². The van der Waals surface area contributed by atoms with Crippen LogP contribution in [0.5, 0.6) is 0 Å². The Labute approximate surface area is 173 Å². The van der Waals surface area contributed by atoms with Crippen molar-refractivity contribution in [2.45, 2.75) is 48.2 Å². The molecule has 0 saturated heterocycles. The summed E-state index contributed by atoms with van der Waals surface area (Å²) in [6.45, 7) is 4.61. The number of sulfone groups is 1. The van der Waals surface area contributed by atoms with Crippen molar-refractivity contribution in [3.05, 3.63) is 47.8 Å². The molecule has 0 aliphatic heterocycles. The summed E-state index contributed by atoms with van der Waals surface area (Å²) in [7, 11) is -6.55. The number of hydrogen-bond acceptors (Lipinski definition) is 5. The first kappa shape index (κ1) is 22.4. The fourth-order valence-electron chi connectivity index (χ4n) is 2.68. The summed E-state index contributed by atoms with van der Waals surface area (Å²) >= 11 is 0. The maximum absolute atomic E-state index is 13.9. The average molecular weight is 461 g/mol. The summed E-state index contributed by atoms with van der Waals surface area (Å²) in [5, 5.41) is -1.49. The van der Waals surface area contributed by atoms with E-state index in [0.717, 1.165) is 0 Å². The minimum Gasteiger partial charge on any atom is -0.345 e. The van der Waals surface area contributed by atoms with E-state index in [1.807, 2.05) is 4.72 Å². The van der Waals surface area contributed by atoms with Gasteiger partial charge in [0.25, 0.3) is 0 Å². The van der Waals surface area contributed by atoms with E-state index in [1.54, 1.807) is 13.0 Å². The summed E-state index contributed by atoms with van der Waals surface area (Å²) in [5.41, 5.74) is -0.168. The maximum Gasteiger partial charge on any atom is 0.410 e. The Morgan fingerprint density at radius 3 is 2.47 bits per heavy atom. The normalized spacial score (nSPS) is 14.9. The largest absolute Gasteiger partial charge is 0.410 e. The number of aromatic nitrogens is 3. The molecule has 0 amide bonds. The number of aromatic amines is 1. The van der Waals surface area contributed by atoms with Crippen molar-refractivity contribution >= 4 is 32.0 Å². The molecule has 1 aromatic carbocycles. The fraction of sp³-hybridized carbons (Fsp3) is 0.333. The Kier molecular flexibility index (Phi) is 6.03. The van der Waals surface area contributed by atoms with E-state index in [1.165, 1.54) is 44.3 Å². The highest BCUT2D eigenvalue weighted by Crippen LogP contribution is 2.37. The molecule has 3 aromatic rings. The zero-order chi connectivity index (χ0) is 22.3. The van der Waals surface area contributed by atoms with Crippen LogP contribution in [0.1, 0.15) is 31.1 Å². The Hall–Kier alpha value is -2.31. The first-order valence-electron chi connectivity index (χ1n) is 8.81. The predicted octanol–water partition coefficient (Wildman–Crippen LogP) is 3.36. The van der Waals surface area contributed by atoms with Crippen LogP contribution in [0, 0.1) is 6.92 Å². The van der Waals surface area contributed by atoms with Gasteiger partial charge in [0.2, 0.25) is 9.84 Å². The quantitative estimate of drug-likeness (QED) is 0.587. The third kappa shape index (κ3) is 4.40. The average Bonchev–Trinajstić information content (AvgIpc) is 3.11. The molecule has 0 aliphatic carbocycles. The lowest BCUT2D eigenvalue weighted by molar-refractivity contribution is -0.154. The first-order chi connectivity index (χ1) is 13.9. The van der Waals surface area contributed by atoms with Crippen LogP contribution in [0.15, 0.2) is 46.5 Å². The number of alkyl halides is 3. The maximum atomic E-state index is 13.9. The van der Waals surface area contributed by atoms with Crippen LogP contribution in [0.4, 0.5) is 13.2 Å². The lowest BCUT2D eigenvalue weighted by Crippen LogP contribution is -2.39. The highest BCUT2D eigenvalue weighted by atomic mass is 32.2. The van der Waals surface area contributed by atoms with Crippen LogP contribution in [-0.2, 0) is 20.8 Å². The monoisotopic (exact) mass is 460 g/mol. The number of nitrogens with zero attached hydrogens (tertiary/aromatic N) is 2. The SMILES string of the molecule is Cc1cccc(S(=O)(=O)c2nc3[nH]ccc3nc2C(NS(=O)C(C)C)C(F)(F)F)c1. The molecule has 0 aliphatic rings. The molecule has 0 radical (unpaired) electrons. The second-order valence-corrected chi connectivity index (χ2v) is 10.5. The van der Waals surface area contributed by atoms with Gasteiger partial charge in [-0.1, -0.05) is 12.1 Å². The van der Waals surface area contributed by atoms with Gasteiger partial charge in [0, 0.05) is 11.4 Å². The molecule has 0 bridgehead atoms. The topological polar surface area (TPSA) is 105 Å². The summed E-state index contributed by atoms with van der Waals surface area (Å²) in [4.78, 5) is 10.3. The Bertz CT molecular complexity index is 1210. The van der Waals surface area contributed by atoms with Gasteiger partial charge in [-0.2, -0.15) is 13.2 Å². The van der Waals surface area contributed by atoms with Crippen LogP contribution in [-0.4, -0.2) is 39.0 Å². The van der Waals surface area contributed by atoms with Gasteiger partial charge in [-0.3, -0.25) is 0 Å². The van der Waals surface area contributed by atoms with E-state index in [4.69, 9.17) is 0 Å². The van der Waals surface area contributed by atoms with E-state index >= 15 is 0 Å². The Balaban J connectivity index is 2.29. The van der Waals surface area contributed by atoms with Crippen molar-refractivity contribution in [2.75, 3.05) is 0 Å². The fourth-order valence-corrected chi connectivity index (χ4v) is 4.90. The lowest BCUT2D eigenvalue weighted by atomic mass is 10.2. The molecule has 2 atom stereocenters. The highest BCUT2D eigenvalue weighted by molar-refractivity contribution is 7.91. The standard InChI is InChI=1S/C18H19F3N4O3S2/c1-10(2)29(26)25-15(18(19,20)21)14-17(24-16-13(23-14)7-8-22-16)30(27,28)12-6-4-5-11(3)9-12/h4-10,15,25H,1-3H3,(H,22,24). The molecule has 0 fully saturated rings. The zero-order valence-electron chi connectivity index (χ0n) is 16.2. The Morgan fingerprint density at radius 1 is 1.17 bits per heavy atom. The van der Waals surface area contributed by atoms with Crippen molar-refractivity contribution in [1.29, 1.82) is 0 Å². The van der Waals surface area contributed by atoms with Gasteiger partial charge in [-0.05, 0) is 44.5 Å². The summed E-state index contributed by atoms with van der Waals surface area (Å²) in [6, 6.07) is 4.53. The minimum absolute atomic E-state index is 0.0240. The smallest absolute Gasteiger partial charge is 0.345 e. The van der Waals surface area contributed by atoms with Crippen LogP contribution in [0.25, 0.3) is 11.2 Å². The van der Waals surface area contributed by atoms with Crippen LogP contribution in [0.2, 0.25) is 0 Å². The van der Waals surface area contributed by atoms with Crippen LogP contribution < -0.4 is 4.72 Å². The minimum atomic E-state index is -4.97. The molecule has 3 rings (SSSR count). The number of fused-ring (bicyclic) bond motifs is 1. The van der Waals surface area contributed by atoms with Gasteiger partial charge >= 0.3 is 6.18 Å². The summed E-state index contributed by atoms with van der Waals surface area (Å²) in [6.07, 6.45) is -3.58. The van der Waals surface area contributed by atoms with Gasteiger partial charge in [0.1, 0.15) is 11.2 Å². The molecular weight excluding hydrogens is 441 g/mol. The molecule has 2 N–H and O–H groups in total. The van der Waals surface area contributed by atoms with Crippen LogP contribution in [0.3, 0.4) is 0 Å². The van der Waals surface area contributed by atoms with E-state index in [9.17, 15) is 25.8 Å².